The van der Waals surface area contributed by atoms with E-state index in [4.69, 9.17) is 0 Å². The lowest BCUT2D eigenvalue weighted by Crippen LogP contribution is -2.32. The van der Waals surface area contributed by atoms with Crippen LogP contribution < -0.4 is 10.6 Å². The van der Waals surface area contributed by atoms with Gasteiger partial charge in [-0.05, 0) is 62.8 Å². The number of hydrogen-bond donors (Lipinski definition) is 2. The highest BCUT2D eigenvalue weighted by atomic mass is 16.1. The van der Waals surface area contributed by atoms with Crippen LogP contribution in [0, 0.1) is 12.3 Å². The molecular formula is C21H28N4O. The maximum atomic E-state index is 12.7. The van der Waals surface area contributed by atoms with Crippen LogP contribution in [0.1, 0.15) is 53.3 Å². The van der Waals surface area contributed by atoms with E-state index in [-0.39, 0.29) is 11.3 Å². The van der Waals surface area contributed by atoms with Crippen LogP contribution in [0.15, 0.2) is 36.7 Å². The minimum absolute atomic E-state index is 0.0456. The average molecular weight is 352 g/mol. The normalized spacial score (nSPS) is 21.3. The van der Waals surface area contributed by atoms with E-state index in [2.05, 4.69) is 32.3 Å². The number of aromatic nitrogens is 2. The Morgan fingerprint density at radius 3 is 3.00 bits per heavy atom. The van der Waals surface area contributed by atoms with Crippen molar-refractivity contribution in [2.24, 2.45) is 5.41 Å². The molecule has 1 saturated carbocycles. The number of nitrogens with one attached hydrogen (secondary N) is 2. The molecule has 0 radical (unpaired) electrons. The van der Waals surface area contributed by atoms with E-state index >= 15 is 0 Å². The number of hydrogen-bond acceptors (Lipinski definition) is 3. The maximum Gasteiger partial charge on any atom is 0.251 e. The van der Waals surface area contributed by atoms with Crippen molar-refractivity contribution in [3.63, 3.8) is 0 Å². The third-order valence-electron chi connectivity index (χ3n) is 5.93. The Hall–Kier alpha value is -2.14. The van der Waals surface area contributed by atoms with Crippen LogP contribution in [0.5, 0.6) is 0 Å². The van der Waals surface area contributed by atoms with Gasteiger partial charge in [0.15, 0.2) is 0 Å². The van der Waals surface area contributed by atoms with Gasteiger partial charge in [-0.3, -0.25) is 4.79 Å². The van der Waals surface area contributed by atoms with E-state index < -0.39 is 0 Å². The van der Waals surface area contributed by atoms with Crippen molar-refractivity contribution < 1.29 is 4.79 Å². The zero-order valence-electron chi connectivity index (χ0n) is 15.5. The summed E-state index contributed by atoms with van der Waals surface area (Å²) in [5.41, 5.74) is 2.26. The maximum absolute atomic E-state index is 12.7. The van der Waals surface area contributed by atoms with Gasteiger partial charge < -0.3 is 15.2 Å². The van der Waals surface area contributed by atoms with Crippen LogP contribution in [0.3, 0.4) is 0 Å². The summed E-state index contributed by atoms with van der Waals surface area (Å²) in [7, 11) is 0. The highest BCUT2D eigenvalue weighted by Gasteiger charge is 2.43. The van der Waals surface area contributed by atoms with Gasteiger partial charge in [-0.2, -0.15) is 0 Å². The summed E-state index contributed by atoms with van der Waals surface area (Å²) in [6.45, 7) is 5.82. The fraction of sp³-hybridized carbons (Fsp3) is 0.524. The molecule has 1 saturated heterocycles. The first-order valence-electron chi connectivity index (χ1n) is 9.72. The molecular weight excluding hydrogens is 324 g/mol. The molecule has 5 heteroatoms. The molecule has 5 nitrogen and oxygen atoms in total. The lowest BCUT2D eigenvalue weighted by Gasteiger charge is -2.23. The SMILES string of the molecule is Cc1nccn1CC1(CNC(=O)c2cccc([C@@H]3CCCNC3)c2)CC1. The first-order valence-corrected chi connectivity index (χ1v) is 9.72. The average Bonchev–Trinajstić information content (AvgIpc) is 3.34. The van der Waals surface area contributed by atoms with E-state index in [1.165, 1.54) is 31.2 Å². The largest absolute Gasteiger partial charge is 0.351 e. The summed E-state index contributed by atoms with van der Waals surface area (Å²) >= 11 is 0. The molecule has 2 N–H and O–H groups in total. The summed E-state index contributed by atoms with van der Waals surface area (Å²) in [4.78, 5) is 17.0. The van der Waals surface area contributed by atoms with Gasteiger partial charge in [-0.25, -0.2) is 4.98 Å². The van der Waals surface area contributed by atoms with Gasteiger partial charge in [0.25, 0.3) is 5.91 Å². The molecule has 0 bridgehead atoms. The van der Waals surface area contributed by atoms with Gasteiger partial charge in [0.2, 0.25) is 0 Å². The van der Waals surface area contributed by atoms with Crippen molar-refractivity contribution in [1.82, 2.24) is 20.2 Å². The van der Waals surface area contributed by atoms with Crippen molar-refractivity contribution in [3.8, 4) is 0 Å². The van der Waals surface area contributed by atoms with Crippen LogP contribution in [-0.4, -0.2) is 35.1 Å². The molecule has 26 heavy (non-hydrogen) atoms. The predicted molar refractivity (Wildman–Crippen MR) is 102 cm³/mol. The Labute approximate surface area is 155 Å². The van der Waals surface area contributed by atoms with Gasteiger partial charge in [0.1, 0.15) is 5.82 Å². The summed E-state index contributed by atoms with van der Waals surface area (Å²) in [5.74, 6) is 1.61. The summed E-state index contributed by atoms with van der Waals surface area (Å²) < 4.78 is 2.19. The zero-order chi connectivity index (χ0) is 18.0. The smallest absolute Gasteiger partial charge is 0.251 e. The van der Waals surface area contributed by atoms with E-state index in [1.54, 1.807) is 0 Å². The van der Waals surface area contributed by atoms with Crippen LogP contribution >= 0.6 is 0 Å². The number of rotatable bonds is 6. The van der Waals surface area contributed by atoms with Crippen LogP contribution in [0.25, 0.3) is 0 Å². The van der Waals surface area contributed by atoms with E-state index in [0.717, 1.165) is 37.6 Å². The van der Waals surface area contributed by atoms with E-state index in [9.17, 15) is 4.79 Å². The van der Waals surface area contributed by atoms with Crippen molar-refractivity contribution >= 4 is 5.91 Å². The number of carbonyl (C=O) groups is 1. The second-order valence-electron chi connectivity index (χ2n) is 7.95. The van der Waals surface area contributed by atoms with Gasteiger partial charge in [0, 0.05) is 43.0 Å². The van der Waals surface area contributed by atoms with Gasteiger partial charge >= 0.3 is 0 Å². The van der Waals surface area contributed by atoms with E-state index in [1.807, 2.05) is 31.5 Å². The molecule has 1 aromatic carbocycles. The predicted octanol–water partition coefficient (Wildman–Crippen LogP) is 2.87. The molecule has 138 valence electrons. The molecule has 1 amide bonds. The van der Waals surface area contributed by atoms with Gasteiger partial charge in [-0.1, -0.05) is 12.1 Å². The lowest BCUT2D eigenvalue weighted by atomic mass is 9.90. The number of nitrogens with zero attached hydrogens (tertiary/aromatic N) is 2. The third kappa shape index (κ3) is 3.83. The molecule has 0 spiro atoms. The number of imidazole rings is 1. The minimum atomic E-state index is 0.0456. The highest BCUT2D eigenvalue weighted by Crippen LogP contribution is 2.46. The van der Waals surface area contributed by atoms with Crippen molar-refractivity contribution in [1.29, 1.82) is 0 Å². The molecule has 1 atom stereocenters. The quantitative estimate of drug-likeness (QED) is 0.840. The Morgan fingerprint density at radius 2 is 2.31 bits per heavy atom. The van der Waals surface area contributed by atoms with Crippen LogP contribution in [0.2, 0.25) is 0 Å². The lowest BCUT2D eigenvalue weighted by molar-refractivity contribution is 0.0942. The Kier molecular flexibility index (Phi) is 4.81. The van der Waals surface area contributed by atoms with Gasteiger partial charge in [-0.15, -0.1) is 0 Å². The summed E-state index contributed by atoms with van der Waals surface area (Å²) in [5, 5.41) is 6.63. The minimum Gasteiger partial charge on any atom is -0.351 e. The monoisotopic (exact) mass is 352 g/mol. The third-order valence-corrected chi connectivity index (χ3v) is 5.93. The Balaban J connectivity index is 1.37. The molecule has 2 aromatic rings. The number of aryl methyl sites for hydroxylation is 1. The molecule has 0 unspecified atom stereocenters. The Morgan fingerprint density at radius 1 is 1.42 bits per heavy atom. The molecule has 4 rings (SSSR count). The number of benzene rings is 1. The van der Waals surface area contributed by atoms with Crippen molar-refractivity contribution in [2.45, 2.75) is 45.1 Å². The second-order valence-corrected chi connectivity index (χ2v) is 7.95. The summed E-state index contributed by atoms with van der Waals surface area (Å²) in [6, 6.07) is 8.17. The van der Waals surface area contributed by atoms with Crippen molar-refractivity contribution in [3.05, 3.63) is 53.6 Å². The van der Waals surface area contributed by atoms with Crippen molar-refractivity contribution in [2.75, 3.05) is 19.6 Å². The van der Waals surface area contributed by atoms with Crippen LogP contribution in [-0.2, 0) is 6.54 Å². The first-order chi connectivity index (χ1) is 12.7. The second kappa shape index (κ2) is 7.23. The number of carbonyl (C=O) groups excluding carboxylic acids is 1. The zero-order valence-corrected chi connectivity index (χ0v) is 15.5. The molecule has 1 aliphatic heterocycles. The fourth-order valence-electron chi connectivity index (χ4n) is 3.94. The Bertz CT molecular complexity index is 772. The summed E-state index contributed by atoms with van der Waals surface area (Å²) in [6.07, 6.45) is 8.61. The fourth-order valence-corrected chi connectivity index (χ4v) is 3.94. The molecule has 2 fully saturated rings. The van der Waals surface area contributed by atoms with Crippen LogP contribution in [0.4, 0.5) is 0 Å². The number of amides is 1. The van der Waals surface area contributed by atoms with E-state index in [0.29, 0.717) is 5.92 Å². The molecule has 1 aliphatic carbocycles. The topological polar surface area (TPSA) is 59.0 Å². The van der Waals surface area contributed by atoms with Gasteiger partial charge in [0.05, 0.1) is 0 Å². The standard InChI is InChI=1S/C21H28N4O/c1-16-23-10-11-25(16)15-21(7-8-21)14-24-20(26)18-5-2-4-17(12-18)19-6-3-9-22-13-19/h2,4-5,10-12,19,22H,3,6-9,13-15H2,1H3,(H,24,26)/t19-/m1/s1. The first kappa shape index (κ1) is 17.3. The number of piperidine rings is 1. The molecule has 2 aliphatic rings. The molecule has 2 heterocycles. The highest BCUT2D eigenvalue weighted by molar-refractivity contribution is 5.94. The molecule has 1 aromatic heterocycles.